The summed E-state index contributed by atoms with van der Waals surface area (Å²) < 4.78 is 16.6. The molecule has 2 aromatic carbocycles. The zero-order valence-electron chi connectivity index (χ0n) is 15.7. The summed E-state index contributed by atoms with van der Waals surface area (Å²) in [6.07, 6.45) is 2.45. The third-order valence-electron chi connectivity index (χ3n) is 3.95. The van der Waals surface area contributed by atoms with E-state index in [4.69, 9.17) is 25.8 Å². The SMILES string of the molecule is CCCC(=O)Oc1c(Cl)cc(/C=C2\N=C(c3ccccc3Br)OC2=O)cc1OC. The van der Waals surface area contributed by atoms with Gasteiger partial charge in [0.1, 0.15) is 0 Å². The quantitative estimate of drug-likeness (QED) is 0.326. The molecule has 2 aromatic rings. The summed E-state index contributed by atoms with van der Waals surface area (Å²) in [6.45, 7) is 1.87. The second-order valence-corrected chi connectivity index (χ2v) is 7.34. The molecule has 0 saturated heterocycles. The van der Waals surface area contributed by atoms with Crippen molar-refractivity contribution in [3.05, 3.63) is 62.7 Å². The van der Waals surface area contributed by atoms with Crippen LogP contribution in [0.2, 0.25) is 5.02 Å². The van der Waals surface area contributed by atoms with Crippen LogP contribution in [-0.2, 0) is 14.3 Å². The van der Waals surface area contributed by atoms with E-state index in [2.05, 4.69) is 20.9 Å². The van der Waals surface area contributed by atoms with Gasteiger partial charge in [0, 0.05) is 10.9 Å². The highest BCUT2D eigenvalue weighted by Gasteiger charge is 2.25. The van der Waals surface area contributed by atoms with Crippen molar-refractivity contribution >= 4 is 51.4 Å². The number of cyclic esters (lactones) is 1. The highest BCUT2D eigenvalue weighted by atomic mass is 79.9. The number of methoxy groups -OCH3 is 1. The number of rotatable bonds is 6. The summed E-state index contributed by atoms with van der Waals surface area (Å²) >= 11 is 9.69. The van der Waals surface area contributed by atoms with Crippen molar-refractivity contribution in [1.82, 2.24) is 0 Å². The van der Waals surface area contributed by atoms with Crippen LogP contribution >= 0.6 is 27.5 Å². The van der Waals surface area contributed by atoms with Gasteiger partial charge in [-0.25, -0.2) is 9.79 Å². The number of nitrogens with zero attached hydrogens (tertiary/aromatic N) is 1. The Morgan fingerprint density at radius 2 is 2.07 bits per heavy atom. The molecule has 0 spiro atoms. The zero-order valence-corrected chi connectivity index (χ0v) is 18.0. The van der Waals surface area contributed by atoms with Crippen molar-refractivity contribution < 1.29 is 23.8 Å². The van der Waals surface area contributed by atoms with Gasteiger partial charge in [-0.2, -0.15) is 0 Å². The van der Waals surface area contributed by atoms with Crippen molar-refractivity contribution in [3.8, 4) is 11.5 Å². The number of carbonyl (C=O) groups excluding carboxylic acids is 2. The lowest BCUT2D eigenvalue weighted by atomic mass is 10.1. The minimum atomic E-state index is -0.579. The van der Waals surface area contributed by atoms with Crippen LogP contribution in [0.15, 0.2) is 51.6 Å². The van der Waals surface area contributed by atoms with Gasteiger partial charge in [-0.1, -0.05) is 30.7 Å². The number of esters is 2. The first-order valence-corrected chi connectivity index (χ1v) is 9.95. The Morgan fingerprint density at radius 1 is 1.31 bits per heavy atom. The van der Waals surface area contributed by atoms with E-state index in [1.165, 1.54) is 13.2 Å². The predicted molar refractivity (Wildman–Crippen MR) is 113 cm³/mol. The van der Waals surface area contributed by atoms with Crippen LogP contribution in [0, 0.1) is 0 Å². The van der Waals surface area contributed by atoms with Gasteiger partial charge in [-0.05, 0) is 58.3 Å². The molecule has 0 saturated carbocycles. The van der Waals surface area contributed by atoms with Gasteiger partial charge < -0.3 is 14.2 Å². The Morgan fingerprint density at radius 3 is 2.76 bits per heavy atom. The van der Waals surface area contributed by atoms with Crippen LogP contribution in [0.1, 0.15) is 30.9 Å². The number of hydrogen-bond acceptors (Lipinski definition) is 6. The van der Waals surface area contributed by atoms with E-state index in [-0.39, 0.29) is 34.5 Å². The number of ether oxygens (including phenoxy) is 3. The fourth-order valence-electron chi connectivity index (χ4n) is 2.61. The monoisotopic (exact) mass is 477 g/mol. The van der Waals surface area contributed by atoms with E-state index in [1.807, 2.05) is 25.1 Å². The average Bonchev–Trinajstić information content (AvgIpc) is 3.04. The molecule has 1 heterocycles. The number of benzene rings is 2. The molecule has 150 valence electrons. The Kier molecular flexibility index (Phi) is 6.71. The molecule has 0 aliphatic carbocycles. The number of aliphatic imine (C=N–C) groups is 1. The second kappa shape index (κ2) is 9.24. The average molecular weight is 479 g/mol. The van der Waals surface area contributed by atoms with Gasteiger partial charge in [0.25, 0.3) is 0 Å². The summed E-state index contributed by atoms with van der Waals surface area (Å²) in [4.78, 5) is 28.3. The fourth-order valence-corrected chi connectivity index (χ4v) is 3.32. The minimum absolute atomic E-state index is 0.115. The molecule has 1 aliphatic heterocycles. The van der Waals surface area contributed by atoms with Gasteiger partial charge in [0.2, 0.25) is 5.90 Å². The third-order valence-corrected chi connectivity index (χ3v) is 4.92. The second-order valence-electron chi connectivity index (χ2n) is 6.07. The highest BCUT2D eigenvalue weighted by molar-refractivity contribution is 9.10. The number of halogens is 2. The molecule has 0 atom stereocenters. The lowest BCUT2D eigenvalue weighted by molar-refractivity contribution is -0.134. The molecule has 0 aromatic heterocycles. The molecule has 0 radical (unpaired) electrons. The summed E-state index contributed by atoms with van der Waals surface area (Å²) in [7, 11) is 1.44. The molecule has 0 amide bonds. The number of carbonyl (C=O) groups is 2. The molecule has 1 aliphatic rings. The van der Waals surface area contributed by atoms with Crippen LogP contribution in [0.25, 0.3) is 6.08 Å². The van der Waals surface area contributed by atoms with Gasteiger partial charge in [0.05, 0.1) is 17.7 Å². The third kappa shape index (κ3) is 4.86. The molecule has 0 fully saturated rings. The molecule has 0 bridgehead atoms. The molecule has 3 rings (SSSR count). The molecule has 8 heteroatoms. The van der Waals surface area contributed by atoms with E-state index in [0.29, 0.717) is 17.5 Å². The highest BCUT2D eigenvalue weighted by Crippen LogP contribution is 2.37. The maximum Gasteiger partial charge on any atom is 0.363 e. The Hall–Kier alpha value is -2.64. The van der Waals surface area contributed by atoms with Gasteiger partial charge in [-0.15, -0.1) is 0 Å². The molecule has 29 heavy (non-hydrogen) atoms. The lowest BCUT2D eigenvalue weighted by Crippen LogP contribution is -2.08. The summed E-state index contributed by atoms with van der Waals surface area (Å²) in [6, 6.07) is 10.5. The largest absolute Gasteiger partial charge is 0.493 e. The first-order valence-electron chi connectivity index (χ1n) is 8.78. The molecule has 0 N–H and O–H groups in total. The minimum Gasteiger partial charge on any atom is -0.493 e. The van der Waals surface area contributed by atoms with Crippen molar-refractivity contribution in [2.45, 2.75) is 19.8 Å². The normalized spacial score (nSPS) is 14.6. The van der Waals surface area contributed by atoms with Crippen LogP contribution in [0.4, 0.5) is 0 Å². The van der Waals surface area contributed by atoms with Crippen LogP contribution in [0.3, 0.4) is 0 Å². The predicted octanol–water partition coefficient (Wildman–Crippen LogP) is 5.16. The van der Waals surface area contributed by atoms with Crippen LogP contribution in [0.5, 0.6) is 11.5 Å². The Labute approximate surface area is 181 Å². The number of hydrogen-bond donors (Lipinski definition) is 0. The van der Waals surface area contributed by atoms with Gasteiger partial charge in [-0.3, -0.25) is 4.79 Å². The van der Waals surface area contributed by atoms with Crippen molar-refractivity contribution in [2.75, 3.05) is 7.11 Å². The van der Waals surface area contributed by atoms with Gasteiger partial charge in [0.15, 0.2) is 17.2 Å². The topological polar surface area (TPSA) is 74.2 Å². The first-order chi connectivity index (χ1) is 13.9. The Bertz CT molecular complexity index is 1030. The van der Waals surface area contributed by atoms with Crippen molar-refractivity contribution in [3.63, 3.8) is 0 Å². The molecular formula is C21H17BrClNO5. The zero-order chi connectivity index (χ0) is 21.0. The van der Waals surface area contributed by atoms with E-state index in [1.54, 1.807) is 18.2 Å². The van der Waals surface area contributed by atoms with E-state index >= 15 is 0 Å². The first kappa shape index (κ1) is 21.1. The summed E-state index contributed by atoms with van der Waals surface area (Å²) in [5, 5.41) is 0.182. The van der Waals surface area contributed by atoms with E-state index in [9.17, 15) is 9.59 Å². The fraction of sp³-hybridized carbons (Fsp3) is 0.190. The molecule has 6 nitrogen and oxygen atoms in total. The smallest absolute Gasteiger partial charge is 0.363 e. The van der Waals surface area contributed by atoms with Crippen molar-refractivity contribution in [2.24, 2.45) is 4.99 Å². The van der Waals surface area contributed by atoms with Gasteiger partial charge >= 0.3 is 11.9 Å². The summed E-state index contributed by atoms with van der Waals surface area (Å²) in [5.41, 5.74) is 1.33. The van der Waals surface area contributed by atoms with E-state index < -0.39 is 11.9 Å². The maximum atomic E-state index is 12.2. The van der Waals surface area contributed by atoms with Crippen molar-refractivity contribution in [1.29, 1.82) is 0 Å². The molecule has 0 unspecified atom stereocenters. The lowest BCUT2D eigenvalue weighted by Gasteiger charge is -2.11. The molecular weight excluding hydrogens is 462 g/mol. The standard InChI is InChI=1S/C21H17BrClNO5/c1-3-6-18(25)28-19-15(23)9-12(11-17(19)27-2)10-16-21(26)29-20(24-16)13-7-4-5-8-14(13)22/h4-5,7-11H,3,6H2,1-2H3/b16-10-. The van der Waals surface area contributed by atoms with Crippen LogP contribution in [-0.4, -0.2) is 24.9 Å². The summed E-state index contributed by atoms with van der Waals surface area (Å²) in [5.74, 6) is -0.363. The van der Waals surface area contributed by atoms with Crippen LogP contribution < -0.4 is 9.47 Å². The van der Waals surface area contributed by atoms with E-state index in [0.717, 1.165) is 4.47 Å². The Balaban J connectivity index is 1.94. The maximum absolute atomic E-state index is 12.2.